The van der Waals surface area contributed by atoms with Crippen LogP contribution in [0.2, 0.25) is 0 Å². The Labute approximate surface area is 224 Å². The number of rotatable bonds is 4. The Kier molecular flexibility index (Phi) is 4.76. The normalized spacial score (nSPS) is 11.6. The molecule has 0 aliphatic heterocycles. The second-order valence-electron chi connectivity index (χ2n) is 9.58. The van der Waals surface area contributed by atoms with Gasteiger partial charge in [0.1, 0.15) is 5.52 Å². The molecule has 39 heavy (non-hydrogen) atoms. The van der Waals surface area contributed by atoms with Crippen molar-refractivity contribution in [2.45, 2.75) is 0 Å². The summed E-state index contributed by atoms with van der Waals surface area (Å²) in [4.78, 5) is 9.40. The molecule has 5 heteroatoms. The fourth-order valence-electron chi connectivity index (χ4n) is 5.47. The maximum absolute atomic E-state index is 6.15. The molecule has 4 aromatic heterocycles. The van der Waals surface area contributed by atoms with Crippen LogP contribution in [0.25, 0.3) is 67.0 Å². The fourth-order valence-corrected chi connectivity index (χ4v) is 5.47. The second kappa shape index (κ2) is 8.57. The van der Waals surface area contributed by atoms with Crippen LogP contribution in [0.15, 0.2) is 138 Å². The van der Waals surface area contributed by atoms with Crippen LogP contribution in [0, 0.1) is 0 Å². The van der Waals surface area contributed by atoms with E-state index in [-0.39, 0.29) is 0 Å². The number of para-hydroxylation sites is 3. The summed E-state index contributed by atoms with van der Waals surface area (Å²) in [5, 5.41) is 2.37. The van der Waals surface area contributed by atoms with Gasteiger partial charge in [-0.15, -0.1) is 0 Å². The van der Waals surface area contributed by atoms with Gasteiger partial charge in [0.25, 0.3) is 0 Å². The van der Waals surface area contributed by atoms with Crippen LogP contribution in [-0.4, -0.2) is 19.1 Å². The molecule has 0 amide bonds. The first-order chi connectivity index (χ1) is 19.3. The molecule has 0 radical (unpaired) electrons. The van der Waals surface area contributed by atoms with E-state index in [0.29, 0.717) is 5.89 Å². The molecule has 0 spiro atoms. The van der Waals surface area contributed by atoms with Gasteiger partial charge in [0.05, 0.1) is 28.1 Å². The van der Waals surface area contributed by atoms with Crippen LogP contribution in [0.5, 0.6) is 0 Å². The number of pyridine rings is 1. The van der Waals surface area contributed by atoms with E-state index in [1.54, 1.807) is 0 Å². The molecule has 4 heterocycles. The highest BCUT2D eigenvalue weighted by atomic mass is 16.3. The Morgan fingerprint density at radius 1 is 0.590 bits per heavy atom. The summed E-state index contributed by atoms with van der Waals surface area (Å²) in [6, 6.07) is 39.5. The van der Waals surface area contributed by atoms with Gasteiger partial charge in [0, 0.05) is 40.5 Å². The van der Waals surface area contributed by atoms with Gasteiger partial charge in [0.15, 0.2) is 5.58 Å². The van der Waals surface area contributed by atoms with E-state index in [1.165, 1.54) is 10.8 Å². The van der Waals surface area contributed by atoms with E-state index in [0.717, 1.165) is 50.3 Å². The van der Waals surface area contributed by atoms with Crippen molar-refractivity contribution in [3.8, 4) is 34.1 Å². The van der Waals surface area contributed by atoms with E-state index in [1.807, 2.05) is 60.8 Å². The predicted octanol–water partition coefficient (Wildman–Crippen LogP) is 8.44. The number of hydrogen-bond donors (Lipinski definition) is 0. The second-order valence-corrected chi connectivity index (χ2v) is 9.58. The lowest BCUT2D eigenvalue weighted by Crippen LogP contribution is -2.02. The Morgan fingerprint density at radius 2 is 1.38 bits per heavy atom. The zero-order valence-corrected chi connectivity index (χ0v) is 20.9. The third kappa shape index (κ3) is 3.48. The Balaban J connectivity index is 1.44. The molecule has 0 saturated carbocycles. The summed E-state index contributed by atoms with van der Waals surface area (Å²) in [6.45, 7) is 0. The van der Waals surface area contributed by atoms with Crippen LogP contribution in [-0.2, 0) is 0 Å². The van der Waals surface area contributed by atoms with Gasteiger partial charge in [0.2, 0.25) is 5.89 Å². The lowest BCUT2D eigenvalue weighted by atomic mass is 10.1. The molecular weight excluding hydrogens is 480 g/mol. The largest absolute Gasteiger partial charge is 0.436 e. The quantitative estimate of drug-likeness (QED) is 0.243. The van der Waals surface area contributed by atoms with Crippen molar-refractivity contribution in [1.29, 1.82) is 0 Å². The van der Waals surface area contributed by atoms with E-state index < -0.39 is 0 Å². The Morgan fingerprint density at radius 3 is 2.26 bits per heavy atom. The predicted molar refractivity (Wildman–Crippen MR) is 156 cm³/mol. The lowest BCUT2D eigenvalue weighted by Gasteiger charge is -2.16. The van der Waals surface area contributed by atoms with Crippen LogP contribution in [0.3, 0.4) is 0 Å². The first-order valence-electron chi connectivity index (χ1n) is 12.9. The molecule has 0 saturated heterocycles. The molecule has 0 aliphatic rings. The molecule has 0 N–H and O–H groups in total. The summed E-state index contributed by atoms with van der Waals surface area (Å²) < 4.78 is 10.7. The smallest absolute Gasteiger partial charge is 0.227 e. The van der Waals surface area contributed by atoms with E-state index in [9.17, 15) is 0 Å². The summed E-state index contributed by atoms with van der Waals surface area (Å²) in [5.41, 5.74) is 8.93. The van der Waals surface area contributed by atoms with Crippen molar-refractivity contribution < 1.29 is 4.42 Å². The number of benzene rings is 4. The summed E-state index contributed by atoms with van der Waals surface area (Å²) in [6.07, 6.45) is 6.00. The SMILES string of the molecule is c1ccc(-c2ccc(-n3cccc3)c(-n3c4ccccc4c4ccc(-c5nc6ccccc6o5)cc43)c2)nc1. The summed E-state index contributed by atoms with van der Waals surface area (Å²) in [5.74, 6) is 0.614. The molecule has 184 valence electrons. The van der Waals surface area contributed by atoms with Gasteiger partial charge in [-0.1, -0.05) is 48.5 Å². The maximum Gasteiger partial charge on any atom is 0.227 e. The zero-order chi connectivity index (χ0) is 25.8. The lowest BCUT2D eigenvalue weighted by molar-refractivity contribution is 0.620. The molecule has 0 fully saturated rings. The minimum absolute atomic E-state index is 0.614. The molecular formula is C34H22N4O. The van der Waals surface area contributed by atoms with Crippen LogP contribution >= 0.6 is 0 Å². The van der Waals surface area contributed by atoms with Crippen molar-refractivity contribution in [3.63, 3.8) is 0 Å². The highest BCUT2D eigenvalue weighted by molar-refractivity contribution is 6.10. The number of nitrogens with zero attached hydrogens (tertiary/aromatic N) is 4. The van der Waals surface area contributed by atoms with Gasteiger partial charge in [-0.2, -0.15) is 0 Å². The number of fused-ring (bicyclic) bond motifs is 4. The minimum atomic E-state index is 0.614. The first-order valence-corrected chi connectivity index (χ1v) is 12.9. The average Bonchev–Trinajstić information content (AvgIpc) is 3.75. The van der Waals surface area contributed by atoms with E-state index in [4.69, 9.17) is 9.40 Å². The molecule has 4 aromatic carbocycles. The first kappa shape index (κ1) is 21.6. The molecule has 8 rings (SSSR count). The molecule has 0 unspecified atom stereocenters. The van der Waals surface area contributed by atoms with Crippen molar-refractivity contribution in [2.75, 3.05) is 0 Å². The highest BCUT2D eigenvalue weighted by Crippen LogP contribution is 2.38. The molecule has 0 bridgehead atoms. The Bertz CT molecular complexity index is 2090. The topological polar surface area (TPSA) is 48.8 Å². The molecule has 8 aromatic rings. The van der Waals surface area contributed by atoms with Gasteiger partial charge < -0.3 is 13.6 Å². The van der Waals surface area contributed by atoms with Crippen LogP contribution in [0.4, 0.5) is 0 Å². The average molecular weight is 503 g/mol. The number of oxazole rings is 1. The van der Waals surface area contributed by atoms with Crippen LogP contribution < -0.4 is 0 Å². The number of aromatic nitrogens is 4. The van der Waals surface area contributed by atoms with Crippen LogP contribution in [0.1, 0.15) is 0 Å². The van der Waals surface area contributed by atoms with Gasteiger partial charge in [-0.3, -0.25) is 4.98 Å². The summed E-state index contributed by atoms with van der Waals surface area (Å²) >= 11 is 0. The third-order valence-corrected chi connectivity index (χ3v) is 7.27. The maximum atomic E-state index is 6.15. The fraction of sp³-hybridized carbons (Fsp3) is 0. The van der Waals surface area contributed by atoms with Crippen molar-refractivity contribution in [1.82, 2.24) is 19.1 Å². The van der Waals surface area contributed by atoms with Gasteiger partial charge >= 0.3 is 0 Å². The zero-order valence-electron chi connectivity index (χ0n) is 20.9. The van der Waals surface area contributed by atoms with Crippen molar-refractivity contribution in [3.05, 3.63) is 134 Å². The minimum Gasteiger partial charge on any atom is -0.436 e. The monoisotopic (exact) mass is 502 g/mol. The van der Waals surface area contributed by atoms with Crippen molar-refractivity contribution in [2.24, 2.45) is 0 Å². The van der Waals surface area contributed by atoms with E-state index >= 15 is 0 Å². The standard InChI is InChI=1S/C34H22N4O/c1-3-12-29-25(9-1)26-16-14-24(34-36-28-11-2-4-13-33(28)39-34)22-31(26)38(29)32-21-23(27-10-5-6-18-35-27)15-17-30(32)37-19-7-8-20-37/h1-22H. The van der Waals surface area contributed by atoms with Gasteiger partial charge in [-0.25, -0.2) is 4.98 Å². The highest BCUT2D eigenvalue weighted by Gasteiger charge is 2.18. The van der Waals surface area contributed by atoms with E-state index in [2.05, 4.69) is 87.2 Å². The Hall–Kier alpha value is -5.42. The molecule has 0 aliphatic carbocycles. The van der Waals surface area contributed by atoms with Crippen molar-refractivity contribution >= 4 is 32.9 Å². The molecule has 5 nitrogen and oxygen atoms in total. The molecule has 0 atom stereocenters. The summed E-state index contributed by atoms with van der Waals surface area (Å²) in [7, 11) is 0. The van der Waals surface area contributed by atoms with Gasteiger partial charge in [-0.05, 0) is 66.7 Å². The number of hydrogen-bond acceptors (Lipinski definition) is 3. The third-order valence-electron chi connectivity index (χ3n) is 7.27.